The number of carbonyl (C=O) groups excluding carboxylic acids is 6. The fourth-order valence-electron chi connectivity index (χ4n) is 4.93. The maximum absolute atomic E-state index is 13.7. The van der Waals surface area contributed by atoms with E-state index < -0.39 is 72.5 Å². The first-order valence-electron chi connectivity index (χ1n) is 14.5. The van der Waals surface area contributed by atoms with Crippen molar-refractivity contribution in [2.45, 2.75) is 64.2 Å². The SMILES string of the molecule is CC(C)[C@H]1NC(=O)[C@H](CC(N)=O)NC(=O)C[C@@H](C(=O)N2CCCN(C)CC2)NC(=O)c2ccccc2OC[C@H](C)NC1=O. The molecule has 2 aliphatic heterocycles. The summed E-state index contributed by atoms with van der Waals surface area (Å²) in [6.07, 6.45) is -0.326. The Morgan fingerprint density at radius 2 is 1.70 bits per heavy atom. The fraction of sp³-hybridized carbons (Fsp3) is 0.586. The Morgan fingerprint density at radius 3 is 2.40 bits per heavy atom. The summed E-state index contributed by atoms with van der Waals surface area (Å²) >= 11 is 0. The van der Waals surface area contributed by atoms with Gasteiger partial charge in [0.05, 0.1) is 24.4 Å². The molecule has 236 valence electrons. The van der Waals surface area contributed by atoms with Crippen LogP contribution in [0.25, 0.3) is 0 Å². The topological polar surface area (TPSA) is 192 Å². The summed E-state index contributed by atoms with van der Waals surface area (Å²) in [4.78, 5) is 82.3. The van der Waals surface area contributed by atoms with Gasteiger partial charge in [-0.2, -0.15) is 0 Å². The molecule has 0 bridgehead atoms. The van der Waals surface area contributed by atoms with Crippen LogP contribution in [0.3, 0.4) is 0 Å². The molecule has 0 spiro atoms. The maximum Gasteiger partial charge on any atom is 0.255 e. The number of rotatable bonds is 4. The Kier molecular flexibility index (Phi) is 11.9. The second-order valence-electron chi connectivity index (χ2n) is 11.4. The minimum atomic E-state index is -1.41. The number of nitrogens with two attached hydrogens (primary N) is 1. The average molecular weight is 602 g/mol. The van der Waals surface area contributed by atoms with E-state index in [-0.39, 0.29) is 23.8 Å². The van der Waals surface area contributed by atoms with Gasteiger partial charge >= 0.3 is 0 Å². The van der Waals surface area contributed by atoms with E-state index in [1.165, 1.54) is 6.07 Å². The van der Waals surface area contributed by atoms with E-state index in [2.05, 4.69) is 26.2 Å². The molecule has 0 aliphatic carbocycles. The summed E-state index contributed by atoms with van der Waals surface area (Å²) in [5.41, 5.74) is 5.51. The Balaban J connectivity index is 1.98. The van der Waals surface area contributed by atoms with Crippen LogP contribution >= 0.6 is 0 Å². The summed E-state index contributed by atoms with van der Waals surface area (Å²) in [7, 11) is 1.95. The highest BCUT2D eigenvalue weighted by molar-refractivity contribution is 6.01. The van der Waals surface area contributed by atoms with Crippen LogP contribution in [0.1, 0.15) is 50.4 Å². The molecule has 1 aromatic rings. The van der Waals surface area contributed by atoms with Crippen LogP contribution < -0.4 is 31.7 Å². The number of ether oxygens (including phenoxy) is 1. The van der Waals surface area contributed by atoms with Gasteiger partial charge in [-0.1, -0.05) is 26.0 Å². The van der Waals surface area contributed by atoms with Gasteiger partial charge in [0.15, 0.2) is 0 Å². The van der Waals surface area contributed by atoms with Crippen molar-refractivity contribution in [1.29, 1.82) is 0 Å². The molecule has 1 fully saturated rings. The molecule has 2 heterocycles. The van der Waals surface area contributed by atoms with Crippen LogP contribution in [0.2, 0.25) is 0 Å². The van der Waals surface area contributed by atoms with E-state index in [1.807, 2.05) is 7.05 Å². The average Bonchev–Trinajstić information content (AvgIpc) is 3.16. The first-order valence-corrected chi connectivity index (χ1v) is 14.5. The number of benzene rings is 1. The predicted octanol–water partition coefficient (Wildman–Crippen LogP) is -1.26. The maximum atomic E-state index is 13.7. The van der Waals surface area contributed by atoms with Crippen LogP contribution in [0.5, 0.6) is 5.75 Å². The lowest BCUT2D eigenvalue weighted by molar-refractivity contribution is -0.137. The molecule has 3 rings (SSSR count). The molecule has 4 atom stereocenters. The molecular formula is C29H43N7O7. The van der Waals surface area contributed by atoms with Crippen molar-refractivity contribution in [1.82, 2.24) is 31.1 Å². The highest BCUT2D eigenvalue weighted by Gasteiger charge is 2.34. The van der Waals surface area contributed by atoms with E-state index in [4.69, 9.17) is 10.5 Å². The van der Waals surface area contributed by atoms with Gasteiger partial charge < -0.3 is 41.5 Å². The van der Waals surface area contributed by atoms with Crippen LogP contribution in [0.15, 0.2) is 24.3 Å². The molecule has 6 N–H and O–H groups in total. The van der Waals surface area contributed by atoms with Gasteiger partial charge in [-0.15, -0.1) is 0 Å². The molecule has 1 saturated heterocycles. The van der Waals surface area contributed by atoms with Gasteiger partial charge in [0.25, 0.3) is 5.91 Å². The number of carbonyl (C=O) groups is 6. The Morgan fingerprint density at radius 1 is 0.977 bits per heavy atom. The molecule has 0 saturated carbocycles. The summed E-state index contributed by atoms with van der Waals surface area (Å²) in [5.74, 6) is -4.10. The molecule has 0 unspecified atom stereocenters. The monoisotopic (exact) mass is 601 g/mol. The molecule has 0 aromatic heterocycles. The van der Waals surface area contributed by atoms with Crippen LogP contribution in [-0.4, -0.2) is 109 Å². The van der Waals surface area contributed by atoms with Gasteiger partial charge in [-0.05, 0) is 45.0 Å². The van der Waals surface area contributed by atoms with E-state index in [0.717, 1.165) is 6.54 Å². The normalized spacial score (nSPS) is 25.2. The number of nitrogens with one attached hydrogen (secondary N) is 4. The smallest absolute Gasteiger partial charge is 0.255 e. The van der Waals surface area contributed by atoms with Crippen molar-refractivity contribution in [3.63, 3.8) is 0 Å². The Labute approximate surface area is 251 Å². The van der Waals surface area contributed by atoms with Crippen LogP contribution in [0.4, 0.5) is 0 Å². The van der Waals surface area contributed by atoms with E-state index in [9.17, 15) is 28.8 Å². The number of likely N-dealkylation sites (N-methyl/N-ethyl adjacent to an activating group) is 1. The lowest BCUT2D eigenvalue weighted by Crippen LogP contribution is -2.58. The molecule has 14 nitrogen and oxygen atoms in total. The van der Waals surface area contributed by atoms with Gasteiger partial charge in [-0.25, -0.2) is 0 Å². The zero-order valence-electron chi connectivity index (χ0n) is 25.2. The van der Waals surface area contributed by atoms with Crippen LogP contribution in [-0.2, 0) is 24.0 Å². The minimum absolute atomic E-state index is 0.00277. The van der Waals surface area contributed by atoms with E-state index >= 15 is 0 Å². The molecule has 1 aromatic carbocycles. The zero-order valence-corrected chi connectivity index (χ0v) is 25.2. The molecule has 43 heavy (non-hydrogen) atoms. The molecule has 6 amide bonds. The number of primary amides is 1. The van der Waals surface area contributed by atoms with Crippen LogP contribution in [0, 0.1) is 5.92 Å². The van der Waals surface area contributed by atoms with Gasteiger partial charge in [0, 0.05) is 19.6 Å². The number of hydrogen-bond donors (Lipinski definition) is 5. The highest BCUT2D eigenvalue weighted by atomic mass is 16.5. The van der Waals surface area contributed by atoms with E-state index in [1.54, 1.807) is 43.9 Å². The minimum Gasteiger partial charge on any atom is -0.491 e. The van der Waals surface area contributed by atoms with Crippen molar-refractivity contribution in [2.75, 3.05) is 39.8 Å². The fourth-order valence-corrected chi connectivity index (χ4v) is 4.93. The van der Waals surface area contributed by atoms with Crippen molar-refractivity contribution in [3.05, 3.63) is 29.8 Å². The van der Waals surface area contributed by atoms with Crippen molar-refractivity contribution < 1.29 is 33.5 Å². The molecule has 0 radical (unpaired) electrons. The van der Waals surface area contributed by atoms with Crippen molar-refractivity contribution in [2.24, 2.45) is 11.7 Å². The molecule has 14 heteroatoms. The van der Waals surface area contributed by atoms with Gasteiger partial charge in [0.2, 0.25) is 29.5 Å². The third-order valence-corrected chi connectivity index (χ3v) is 7.34. The van der Waals surface area contributed by atoms with E-state index in [0.29, 0.717) is 26.1 Å². The number of hydrogen-bond acceptors (Lipinski definition) is 8. The summed E-state index contributed by atoms with van der Waals surface area (Å²) in [6.45, 7) is 7.45. The first-order chi connectivity index (χ1) is 20.3. The Bertz CT molecular complexity index is 1210. The van der Waals surface area contributed by atoms with Crippen molar-refractivity contribution in [3.8, 4) is 5.75 Å². The Hall–Kier alpha value is -4.20. The second-order valence-corrected chi connectivity index (χ2v) is 11.4. The molecular weight excluding hydrogens is 558 g/mol. The third kappa shape index (κ3) is 9.66. The second kappa shape index (κ2) is 15.3. The quantitative estimate of drug-likeness (QED) is 0.282. The van der Waals surface area contributed by atoms with Crippen molar-refractivity contribution >= 4 is 35.4 Å². The number of fused-ring (bicyclic) bond motifs is 1. The first kappa shape index (κ1) is 33.3. The highest BCUT2D eigenvalue weighted by Crippen LogP contribution is 2.19. The summed E-state index contributed by atoms with van der Waals surface area (Å²) in [6, 6.07) is 2.25. The van der Waals surface area contributed by atoms with Gasteiger partial charge in [0.1, 0.15) is 30.5 Å². The number of para-hydroxylation sites is 1. The van der Waals surface area contributed by atoms with Gasteiger partial charge in [-0.3, -0.25) is 28.8 Å². The largest absolute Gasteiger partial charge is 0.491 e. The molecule has 2 aliphatic rings. The number of nitrogens with zero attached hydrogens (tertiary/aromatic N) is 2. The summed E-state index contributed by atoms with van der Waals surface area (Å²) in [5, 5.41) is 10.6. The zero-order chi connectivity index (χ0) is 31.7. The standard InChI is InChI=1S/C29H43N7O7/c1-17(2)25-28(41)31-18(3)16-43-22-9-6-5-8-19(22)26(39)33-21(29(42)36-11-7-10-35(4)12-13-36)15-24(38)32-20(14-23(30)37)27(40)34-25/h5-6,8-9,17-18,20-21,25H,7,10-16H2,1-4H3,(H2,30,37)(H,31,41)(H,32,38)(H,33,39)(H,34,40)/t18-,20-,21-,25+/m0/s1. The lowest BCUT2D eigenvalue weighted by Gasteiger charge is -2.28. The summed E-state index contributed by atoms with van der Waals surface area (Å²) < 4.78 is 5.89. The predicted molar refractivity (Wildman–Crippen MR) is 157 cm³/mol. The lowest BCUT2D eigenvalue weighted by atomic mass is 10.0. The third-order valence-electron chi connectivity index (χ3n) is 7.34. The number of amides is 6.